The molecule has 4 heteroatoms. The summed E-state index contributed by atoms with van der Waals surface area (Å²) in [5.41, 5.74) is 0. The summed E-state index contributed by atoms with van der Waals surface area (Å²) in [5, 5.41) is 0. The summed E-state index contributed by atoms with van der Waals surface area (Å²) in [7, 11) is 0. The molecule has 3 fully saturated rings. The van der Waals surface area contributed by atoms with E-state index in [1.165, 1.54) is 71.2 Å². The summed E-state index contributed by atoms with van der Waals surface area (Å²) in [5.74, 6) is 2.95. The highest BCUT2D eigenvalue weighted by Gasteiger charge is 2.30. The monoisotopic (exact) mass is 363 g/mol. The van der Waals surface area contributed by atoms with E-state index in [0.717, 1.165) is 36.9 Å². The third-order valence-corrected chi connectivity index (χ3v) is 7.38. The number of hydrogen-bond acceptors (Lipinski definition) is 3. The van der Waals surface area contributed by atoms with Crippen LogP contribution in [0.15, 0.2) is 0 Å². The Labute approximate surface area is 161 Å². The van der Waals surface area contributed by atoms with E-state index in [1.807, 2.05) is 6.92 Å². The fourth-order valence-corrected chi connectivity index (χ4v) is 5.37. The molecule has 26 heavy (non-hydrogen) atoms. The molecule has 0 aromatic rings. The van der Waals surface area contributed by atoms with E-state index in [2.05, 4.69) is 28.5 Å². The van der Waals surface area contributed by atoms with E-state index < -0.39 is 0 Å². The number of nitrogens with zero attached hydrogens (tertiary/aromatic N) is 3. The number of likely N-dealkylation sites (tertiary alicyclic amines) is 3. The van der Waals surface area contributed by atoms with Gasteiger partial charge in [0, 0.05) is 32.1 Å². The smallest absolute Gasteiger partial charge is 0.222 e. The van der Waals surface area contributed by atoms with E-state index in [9.17, 15) is 4.79 Å². The summed E-state index contributed by atoms with van der Waals surface area (Å²) >= 11 is 0. The molecule has 3 aliphatic heterocycles. The molecule has 3 heterocycles. The summed E-state index contributed by atoms with van der Waals surface area (Å²) in [6.07, 6.45) is 8.61. The minimum absolute atomic E-state index is 0.338. The van der Waals surface area contributed by atoms with Gasteiger partial charge in [0.1, 0.15) is 0 Å². The normalized spacial score (nSPS) is 25.9. The van der Waals surface area contributed by atoms with Gasteiger partial charge in [0.05, 0.1) is 0 Å². The Morgan fingerprint density at radius 3 is 2.04 bits per heavy atom. The van der Waals surface area contributed by atoms with Crippen LogP contribution in [0.3, 0.4) is 0 Å². The summed E-state index contributed by atoms with van der Waals surface area (Å²) in [6, 6.07) is 0.836. The fourth-order valence-electron chi connectivity index (χ4n) is 5.37. The summed E-state index contributed by atoms with van der Waals surface area (Å²) in [6.45, 7) is 15.2. The lowest BCUT2D eigenvalue weighted by Crippen LogP contribution is -2.49. The van der Waals surface area contributed by atoms with Gasteiger partial charge in [0.25, 0.3) is 0 Å². The van der Waals surface area contributed by atoms with Gasteiger partial charge < -0.3 is 14.7 Å². The Kier molecular flexibility index (Phi) is 7.39. The van der Waals surface area contributed by atoms with Crippen LogP contribution in [0.5, 0.6) is 0 Å². The molecule has 0 radical (unpaired) electrons. The second kappa shape index (κ2) is 9.54. The molecule has 0 spiro atoms. The van der Waals surface area contributed by atoms with Crippen molar-refractivity contribution in [3.05, 3.63) is 0 Å². The maximum Gasteiger partial charge on any atom is 0.222 e. The van der Waals surface area contributed by atoms with E-state index >= 15 is 0 Å². The summed E-state index contributed by atoms with van der Waals surface area (Å²) < 4.78 is 0. The van der Waals surface area contributed by atoms with Crippen molar-refractivity contribution in [2.45, 2.75) is 71.8 Å². The van der Waals surface area contributed by atoms with Crippen molar-refractivity contribution < 1.29 is 4.79 Å². The molecule has 0 atom stereocenters. The molecule has 0 unspecified atom stereocenters. The van der Waals surface area contributed by atoms with Gasteiger partial charge in [-0.2, -0.15) is 0 Å². The van der Waals surface area contributed by atoms with Crippen molar-refractivity contribution in [2.75, 3.05) is 45.8 Å². The number of carbonyl (C=O) groups is 1. The number of hydrogen-bond donors (Lipinski definition) is 0. The van der Waals surface area contributed by atoms with Gasteiger partial charge in [0.15, 0.2) is 0 Å². The lowest BCUT2D eigenvalue weighted by Gasteiger charge is -2.43. The largest absolute Gasteiger partial charge is 0.343 e. The quantitative estimate of drug-likeness (QED) is 0.748. The molecule has 0 saturated carbocycles. The highest BCUT2D eigenvalue weighted by molar-refractivity contribution is 5.75. The molecular formula is C22H41N3O. The summed E-state index contributed by atoms with van der Waals surface area (Å²) in [4.78, 5) is 19.4. The first kappa shape index (κ1) is 20.1. The van der Waals surface area contributed by atoms with Crippen LogP contribution in [0.25, 0.3) is 0 Å². The van der Waals surface area contributed by atoms with E-state index in [1.54, 1.807) is 0 Å². The van der Waals surface area contributed by atoms with Crippen LogP contribution in [-0.2, 0) is 4.79 Å². The Hall–Kier alpha value is -0.610. The van der Waals surface area contributed by atoms with Crippen molar-refractivity contribution in [2.24, 2.45) is 17.8 Å². The Bertz CT molecular complexity index is 429. The van der Waals surface area contributed by atoms with Gasteiger partial charge in [-0.15, -0.1) is 0 Å². The number of carbonyl (C=O) groups excluding carboxylic acids is 1. The predicted molar refractivity (Wildman–Crippen MR) is 108 cm³/mol. The van der Waals surface area contributed by atoms with E-state index in [-0.39, 0.29) is 0 Å². The average molecular weight is 364 g/mol. The Balaban J connectivity index is 1.34. The Morgan fingerprint density at radius 1 is 0.885 bits per heavy atom. The van der Waals surface area contributed by atoms with Crippen LogP contribution >= 0.6 is 0 Å². The molecule has 0 N–H and O–H groups in total. The first-order chi connectivity index (χ1) is 12.6. The molecule has 150 valence electrons. The molecule has 1 amide bonds. The van der Waals surface area contributed by atoms with Crippen molar-refractivity contribution in [1.82, 2.24) is 14.7 Å². The molecule has 3 rings (SSSR count). The Morgan fingerprint density at radius 2 is 1.50 bits per heavy atom. The molecule has 3 saturated heterocycles. The average Bonchev–Trinajstić information content (AvgIpc) is 2.68. The third kappa shape index (κ3) is 5.22. The van der Waals surface area contributed by atoms with Crippen LogP contribution < -0.4 is 0 Å². The van der Waals surface area contributed by atoms with Crippen LogP contribution in [0.4, 0.5) is 0 Å². The van der Waals surface area contributed by atoms with E-state index in [4.69, 9.17) is 0 Å². The van der Waals surface area contributed by atoms with Gasteiger partial charge in [-0.1, -0.05) is 20.8 Å². The third-order valence-electron chi connectivity index (χ3n) is 7.38. The molecule has 0 aromatic carbocycles. The standard InChI is InChI=1S/C22H41N3O/c1-4-22(26)25-13-5-19(6-14-25)17-23-11-9-21(10-12-23)24-15-7-20(8-16-24)18(2)3/h18-21H,4-17H2,1-3H3. The fraction of sp³-hybridized carbons (Fsp3) is 0.955. The van der Waals surface area contributed by atoms with Gasteiger partial charge in [-0.05, 0) is 82.5 Å². The van der Waals surface area contributed by atoms with Gasteiger partial charge in [-0.3, -0.25) is 4.79 Å². The highest BCUT2D eigenvalue weighted by Crippen LogP contribution is 2.28. The van der Waals surface area contributed by atoms with Crippen LogP contribution in [0.1, 0.15) is 65.7 Å². The number of rotatable bonds is 5. The van der Waals surface area contributed by atoms with Crippen molar-refractivity contribution in [1.29, 1.82) is 0 Å². The van der Waals surface area contributed by atoms with Gasteiger partial charge >= 0.3 is 0 Å². The molecule has 4 nitrogen and oxygen atoms in total. The molecule has 0 aliphatic carbocycles. The van der Waals surface area contributed by atoms with Crippen LogP contribution in [0, 0.1) is 17.8 Å². The van der Waals surface area contributed by atoms with Crippen LogP contribution in [0.2, 0.25) is 0 Å². The number of piperidine rings is 3. The number of amides is 1. The maximum atomic E-state index is 11.8. The zero-order valence-corrected chi connectivity index (χ0v) is 17.5. The minimum Gasteiger partial charge on any atom is -0.343 e. The first-order valence-corrected chi connectivity index (χ1v) is 11.3. The van der Waals surface area contributed by atoms with E-state index in [0.29, 0.717) is 12.3 Å². The molecule has 0 bridgehead atoms. The SMILES string of the molecule is CCC(=O)N1CCC(CN2CCC(N3CCC(C(C)C)CC3)CC2)CC1. The zero-order valence-electron chi connectivity index (χ0n) is 17.5. The van der Waals surface area contributed by atoms with Gasteiger partial charge in [0.2, 0.25) is 5.91 Å². The predicted octanol–water partition coefficient (Wildman–Crippen LogP) is 3.47. The second-order valence-corrected chi connectivity index (χ2v) is 9.33. The lowest BCUT2D eigenvalue weighted by molar-refractivity contribution is -0.132. The van der Waals surface area contributed by atoms with Crippen molar-refractivity contribution in [3.8, 4) is 0 Å². The second-order valence-electron chi connectivity index (χ2n) is 9.33. The zero-order chi connectivity index (χ0) is 18.5. The molecule has 0 aromatic heterocycles. The van der Waals surface area contributed by atoms with Crippen molar-refractivity contribution in [3.63, 3.8) is 0 Å². The van der Waals surface area contributed by atoms with Crippen LogP contribution in [-0.4, -0.2) is 72.5 Å². The van der Waals surface area contributed by atoms with Crippen molar-refractivity contribution >= 4 is 5.91 Å². The topological polar surface area (TPSA) is 26.8 Å². The molecule has 3 aliphatic rings. The maximum absolute atomic E-state index is 11.8. The highest BCUT2D eigenvalue weighted by atomic mass is 16.2. The molecular weight excluding hydrogens is 322 g/mol. The lowest BCUT2D eigenvalue weighted by atomic mass is 9.85. The minimum atomic E-state index is 0.338. The van der Waals surface area contributed by atoms with Gasteiger partial charge in [-0.25, -0.2) is 0 Å². The first-order valence-electron chi connectivity index (χ1n) is 11.3.